The molecule has 0 heterocycles. The van der Waals surface area contributed by atoms with E-state index in [2.05, 4.69) is 13.8 Å². The summed E-state index contributed by atoms with van der Waals surface area (Å²) in [5.74, 6) is 0. The Morgan fingerprint density at radius 2 is 1.25 bits per heavy atom. The van der Waals surface area contributed by atoms with Crippen LogP contribution in [0.15, 0.2) is 0 Å². The van der Waals surface area contributed by atoms with Crippen molar-refractivity contribution in [3.05, 3.63) is 0 Å². The van der Waals surface area contributed by atoms with Gasteiger partial charge in [-0.05, 0) is 43.9 Å². The zero-order valence-corrected chi connectivity index (χ0v) is 12.3. The normalized spacial score (nSPS) is 23.2. The molecular formula is C14H26Cl2. The van der Waals surface area contributed by atoms with E-state index in [9.17, 15) is 0 Å². The average molecular weight is 265 g/mol. The van der Waals surface area contributed by atoms with Crippen molar-refractivity contribution in [1.82, 2.24) is 0 Å². The highest BCUT2D eigenvalue weighted by Gasteiger charge is 2.39. The molecule has 1 fully saturated rings. The average Bonchev–Trinajstić information content (AvgIpc) is 2.27. The van der Waals surface area contributed by atoms with Gasteiger partial charge in [-0.3, -0.25) is 0 Å². The van der Waals surface area contributed by atoms with Crippen LogP contribution >= 0.6 is 23.2 Å². The summed E-state index contributed by atoms with van der Waals surface area (Å²) in [6.45, 7) is 4.56. The summed E-state index contributed by atoms with van der Waals surface area (Å²) in [4.78, 5) is 0. The fraction of sp³-hybridized carbons (Fsp3) is 1.00. The Morgan fingerprint density at radius 3 is 1.62 bits per heavy atom. The SMILES string of the molecule is CCCCC1(CCCC)CCC(Cl)(Cl)CC1. The van der Waals surface area contributed by atoms with Crippen LogP contribution in [-0.2, 0) is 0 Å². The quantitative estimate of drug-likeness (QED) is 0.509. The van der Waals surface area contributed by atoms with Crippen molar-refractivity contribution < 1.29 is 0 Å². The summed E-state index contributed by atoms with van der Waals surface area (Å²) >= 11 is 12.5. The van der Waals surface area contributed by atoms with Crippen molar-refractivity contribution in [3.8, 4) is 0 Å². The molecule has 0 saturated heterocycles. The highest BCUT2D eigenvalue weighted by atomic mass is 35.5. The first-order chi connectivity index (χ1) is 7.54. The van der Waals surface area contributed by atoms with E-state index < -0.39 is 4.33 Å². The molecule has 1 saturated carbocycles. The molecule has 0 N–H and O–H groups in total. The monoisotopic (exact) mass is 264 g/mol. The summed E-state index contributed by atoms with van der Waals surface area (Å²) < 4.78 is -0.429. The minimum Gasteiger partial charge on any atom is -0.102 e. The predicted molar refractivity (Wildman–Crippen MR) is 74.4 cm³/mol. The first-order valence-electron chi connectivity index (χ1n) is 6.91. The van der Waals surface area contributed by atoms with E-state index in [1.165, 1.54) is 51.4 Å². The Labute approximate surface area is 111 Å². The molecule has 0 nitrogen and oxygen atoms in total. The van der Waals surface area contributed by atoms with Crippen LogP contribution in [0.25, 0.3) is 0 Å². The highest BCUT2D eigenvalue weighted by molar-refractivity contribution is 6.48. The molecule has 0 aliphatic heterocycles. The van der Waals surface area contributed by atoms with Crippen LogP contribution in [0.4, 0.5) is 0 Å². The van der Waals surface area contributed by atoms with E-state index in [4.69, 9.17) is 23.2 Å². The van der Waals surface area contributed by atoms with Crippen molar-refractivity contribution in [3.63, 3.8) is 0 Å². The van der Waals surface area contributed by atoms with E-state index in [0.29, 0.717) is 5.41 Å². The van der Waals surface area contributed by atoms with Gasteiger partial charge in [0.1, 0.15) is 4.33 Å². The van der Waals surface area contributed by atoms with E-state index in [-0.39, 0.29) is 0 Å². The van der Waals surface area contributed by atoms with Crippen molar-refractivity contribution >= 4 is 23.2 Å². The molecule has 0 aromatic rings. The molecule has 0 aromatic carbocycles. The first-order valence-corrected chi connectivity index (χ1v) is 7.67. The molecule has 1 rings (SSSR count). The zero-order chi connectivity index (χ0) is 12.1. The standard InChI is InChI=1S/C14H26Cl2/c1-3-5-7-13(8-6-4-2)9-11-14(15,16)12-10-13/h3-12H2,1-2H3. The molecule has 1 aliphatic rings. The number of rotatable bonds is 6. The second-order valence-electron chi connectivity index (χ2n) is 5.56. The summed E-state index contributed by atoms with van der Waals surface area (Å²) in [5.41, 5.74) is 0.569. The summed E-state index contributed by atoms with van der Waals surface area (Å²) in [6.07, 6.45) is 12.6. The van der Waals surface area contributed by atoms with Gasteiger partial charge in [-0.1, -0.05) is 39.5 Å². The summed E-state index contributed by atoms with van der Waals surface area (Å²) in [5, 5.41) is 0. The molecule has 1 aliphatic carbocycles. The molecule has 0 unspecified atom stereocenters. The van der Waals surface area contributed by atoms with Crippen molar-refractivity contribution in [2.24, 2.45) is 5.41 Å². The third-order valence-corrected chi connectivity index (χ3v) is 4.92. The largest absolute Gasteiger partial charge is 0.118 e. The topological polar surface area (TPSA) is 0 Å². The lowest BCUT2D eigenvalue weighted by Crippen LogP contribution is -2.32. The molecule has 0 atom stereocenters. The number of hydrogen-bond acceptors (Lipinski definition) is 0. The Bertz CT molecular complexity index is 179. The van der Waals surface area contributed by atoms with Crippen LogP contribution in [0, 0.1) is 5.41 Å². The molecule has 16 heavy (non-hydrogen) atoms. The minimum atomic E-state index is -0.429. The predicted octanol–water partition coefficient (Wildman–Crippen LogP) is 6.10. The molecule has 0 amide bonds. The Morgan fingerprint density at radius 1 is 0.812 bits per heavy atom. The first kappa shape index (κ1) is 14.6. The van der Waals surface area contributed by atoms with Crippen LogP contribution in [0.5, 0.6) is 0 Å². The van der Waals surface area contributed by atoms with Gasteiger partial charge >= 0.3 is 0 Å². The maximum absolute atomic E-state index is 6.23. The zero-order valence-electron chi connectivity index (χ0n) is 10.8. The van der Waals surface area contributed by atoms with Crippen LogP contribution in [-0.4, -0.2) is 4.33 Å². The third-order valence-electron chi connectivity index (χ3n) is 4.16. The molecular weight excluding hydrogens is 239 g/mol. The van der Waals surface area contributed by atoms with Gasteiger partial charge in [0.05, 0.1) is 0 Å². The van der Waals surface area contributed by atoms with Crippen LogP contribution in [0.2, 0.25) is 0 Å². The highest BCUT2D eigenvalue weighted by Crippen LogP contribution is 2.50. The number of halogens is 2. The van der Waals surface area contributed by atoms with Gasteiger partial charge in [0.2, 0.25) is 0 Å². The summed E-state index contributed by atoms with van der Waals surface area (Å²) in [6, 6.07) is 0. The van der Waals surface area contributed by atoms with Gasteiger partial charge in [-0.25, -0.2) is 0 Å². The van der Waals surface area contributed by atoms with Gasteiger partial charge in [0.25, 0.3) is 0 Å². The van der Waals surface area contributed by atoms with Crippen molar-refractivity contribution in [2.45, 2.75) is 82.4 Å². The number of unbranched alkanes of at least 4 members (excludes halogenated alkanes) is 2. The second kappa shape index (κ2) is 6.50. The Balaban J connectivity index is 2.51. The molecule has 0 bridgehead atoms. The van der Waals surface area contributed by atoms with E-state index in [1.807, 2.05) is 0 Å². The minimum absolute atomic E-state index is 0.429. The lowest BCUT2D eigenvalue weighted by Gasteiger charge is -2.42. The Hall–Kier alpha value is 0.580. The van der Waals surface area contributed by atoms with Gasteiger partial charge in [-0.15, -0.1) is 23.2 Å². The Kier molecular flexibility index (Phi) is 5.94. The van der Waals surface area contributed by atoms with Gasteiger partial charge in [0.15, 0.2) is 0 Å². The van der Waals surface area contributed by atoms with Gasteiger partial charge in [-0.2, -0.15) is 0 Å². The smallest absolute Gasteiger partial charge is 0.102 e. The fourth-order valence-electron chi connectivity index (χ4n) is 2.87. The number of hydrogen-bond donors (Lipinski definition) is 0. The lowest BCUT2D eigenvalue weighted by atomic mass is 9.68. The van der Waals surface area contributed by atoms with Crippen LogP contribution in [0.1, 0.15) is 78.1 Å². The summed E-state index contributed by atoms with van der Waals surface area (Å²) in [7, 11) is 0. The van der Waals surface area contributed by atoms with Crippen LogP contribution < -0.4 is 0 Å². The van der Waals surface area contributed by atoms with E-state index in [0.717, 1.165) is 12.8 Å². The maximum Gasteiger partial charge on any atom is 0.118 e. The molecule has 0 radical (unpaired) electrons. The van der Waals surface area contributed by atoms with Crippen LogP contribution in [0.3, 0.4) is 0 Å². The third kappa shape index (κ3) is 4.45. The van der Waals surface area contributed by atoms with Gasteiger partial charge < -0.3 is 0 Å². The molecule has 96 valence electrons. The van der Waals surface area contributed by atoms with E-state index in [1.54, 1.807) is 0 Å². The second-order valence-corrected chi connectivity index (χ2v) is 7.20. The molecule has 2 heteroatoms. The van der Waals surface area contributed by atoms with Gasteiger partial charge in [0, 0.05) is 0 Å². The molecule has 0 aromatic heterocycles. The van der Waals surface area contributed by atoms with E-state index >= 15 is 0 Å². The number of alkyl halides is 2. The van der Waals surface area contributed by atoms with Crippen molar-refractivity contribution in [2.75, 3.05) is 0 Å². The molecule has 0 spiro atoms. The van der Waals surface area contributed by atoms with Crippen molar-refractivity contribution in [1.29, 1.82) is 0 Å². The fourth-order valence-corrected chi connectivity index (χ4v) is 3.25. The lowest BCUT2D eigenvalue weighted by molar-refractivity contribution is 0.144. The maximum atomic E-state index is 6.23.